The van der Waals surface area contributed by atoms with Crippen LogP contribution >= 0.6 is 0 Å². The van der Waals surface area contributed by atoms with E-state index in [0.717, 1.165) is 24.8 Å². The Kier molecular flexibility index (Phi) is 6.83. The molecular formula is C29H36O. The molecule has 1 nitrogen and oxygen atoms in total. The Morgan fingerprint density at radius 3 is 1.33 bits per heavy atom. The van der Waals surface area contributed by atoms with Crippen molar-refractivity contribution < 1.29 is 5.11 Å². The number of rotatable bonds is 7. The Labute approximate surface area is 182 Å². The molecule has 1 heteroatoms. The SMILES string of the molecule is CCc1cc(CC)cc(C(C)(c2cc(C)cc(C)c2)c2cc(CC)cc(CO)c2)c1. The van der Waals surface area contributed by atoms with Gasteiger partial charge in [0, 0.05) is 5.41 Å². The largest absolute Gasteiger partial charge is 0.392 e. The molecule has 1 unspecified atom stereocenters. The van der Waals surface area contributed by atoms with Crippen molar-refractivity contribution in [1.29, 1.82) is 0 Å². The van der Waals surface area contributed by atoms with Crippen LogP contribution in [-0.4, -0.2) is 5.11 Å². The van der Waals surface area contributed by atoms with Gasteiger partial charge in [-0.2, -0.15) is 0 Å². The van der Waals surface area contributed by atoms with E-state index in [9.17, 15) is 5.11 Å². The van der Waals surface area contributed by atoms with E-state index < -0.39 is 0 Å². The Hall–Kier alpha value is -2.38. The van der Waals surface area contributed by atoms with Crippen LogP contribution in [0.4, 0.5) is 0 Å². The summed E-state index contributed by atoms with van der Waals surface area (Å²) in [5, 5.41) is 9.94. The number of benzene rings is 3. The number of hydrogen-bond acceptors (Lipinski definition) is 1. The maximum absolute atomic E-state index is 9.94. The predicted octanol–water partition coefficient (Wildman–Crippen LogP) is 6.84. The van der Waals surface area contributed by atoms with E-state index >= 15 is 0 Å². The van der Waals surface area contributed by atoms with Crippen molar-refractivity contribution in [2.24, 2.45) is 0 Å². The molecule has 0 aliphatic carbocycles. The van der Waals surface area contributed by atoms with Crippen LogP contribution in [0, 0.1) is 13.8 Å². The molecular weight excluding hydrogens is 364 g/mol. The topological polar surface area (TPSA) is 20.2 Å². The predicted molar refractivity (Wildman–Crippen MR) is 128 cm³/mol. The molecule has 0 aliphatic heterocycles. The third kappa shape index (κ3) is 4.37. The minimum atomic E-state index is -0.291. The summed E-state index contributed by atoms with van der Waals surface area (Å²) in [5.41, 5.74) is 11.2. The van der Waals surface area contributed by atoms with Gasteiger partial charge in [0.15, 0.2) is 0 Å². The summed E-state index contributed by atoms with van der Waals surface area (Å²) in [6.45, 7) is 13.4. The van der Waals surface area contributed by atoms with E-state index in [-0.39, 0.29) is 12.0 Å². The molecule has 0 heterocycles. The molecule has 30 heavy (non-hydrogen) atoms. The summed E-state index contributed by atoms with van der Waals surface area (Å²) in [6.07, 6.45) is 3.01. The van der Waals surface area contributed by atoms with Gasteiger partial charge in [-0.05, 0) is 79.0 Å². The summed E-state index contributed by atoms with van der Waals surface area (Å²) < 4.78 is 0. The fourth-order valence-electron chi connectivity index (χ4n) is 4.57. The zero-order valence-corrected chi connectivity index (χ0v) is 19.5. The average Bonchev–Trinajstić information content (AvgIpc) is 2.76. The first kappa shape index (κ1) is 22.3. The van der Waals surface area contributed by atoms with Crippen molar-refractivity contribution in [3.63, 3.8) is 0 Å². The lowest BCUT2D eigenvalue weighted by molar-refractivity contribution is 0.281. The molecule has 3 aromatic carbocycles. The molecule has 0 saturated carbocycles. The molecule has 1 N–H and O–H groups in total. The third-order valence-electron chi connectivity index (χ3n) is 6.47. The van der Waals surface area contributed by atoms with E-state index in [2.05, 4.69) is 96.1 Å². The number of aryl methyl sites for hydroxylation is 5. The molecule has 0 bridgehead atoms. The first-order valence-corrected chi connectivity index (χ1v) is 11.3. The summed E-state index contributed by atoms with van der Waals surface area (Å²) in [5.74, 6) is 0. The van der Waals surface area contributed by atoms with E-state index in [4.69, 9.17) is 0 Å². The van der Waals surface area contributed by atoms with E-state index in [1.165, 1.54) is 44.5 Å². The van der Waals surface area contributed by atoms with Crippen LogP contribution in [0.1, 0.15) is 77.8 Å². The van der Waals surface area contributed by atoms with Crippen molar-refractivity contribution in [2.75, 3.05) is 0 Å². The van der Waals surface area contributed by atoms with Gasteiger partial charge >= 0.3 is 0 Å². The summed E-state index contributed by atoms with van der Waals surface area (Å²) in [7, 11) is 0. The highest BCUT2D eigenvalue weighted by atomic mass is 16.3. The molecule has 0 spiro atoms. The first-order valence-electron chi connectivity index (χ1n) is 11.3. The highest BCUT2D eigenvalue weighted by molar-refractivity contribution is 5.54. The Morgan fingerprint density at radius 1 is 0.567 bits per heavy atom. The minimum Gasteiger partial charge on any atom is -0.392 e. The van der Waals surface area contributed by atoms with Gasteiger partial charge in [-0.3, -0.25) is 0 Å². The van der Waals surface area contributed by atoms with Crippen LogP contribution in [0.5, 0.6) is 0 Å². The summed E-state index contributed by atoms with van der Waals surface area (Å²) in [4.78, 5) is 0. The van der Waals surface area contributed by atoms with Crippen molar-refractivity contribution >= 4 is 0 Å². The van der Waals surface area contributed by atoms with Crippen molar-refractivity contribution in [2.45, 2.75) is 72.8 Å². The quantitative estimate of drug-likeness (QED) is 0.431. The maximum Gasteiger partial charge on any atom is 0.0682 e. The van der Waals surface area contributed by atoms with Gasteiger partial charge < -0.3 is 5.11 Å². The molecule has 0 amide bonds. The zero-order valence-electron chi connectivity index (χ0n) is 19.5. The van der Waals surface area contributed by atoms with Gasteiger partial charge in [0.05, 0.1) is 6.61 Å². The second-order valence-corrected chi connectivity index (χ2v) is 8.80. The number of aliphatic hydroxyl groups is 1. The van der Waals surface area contributed by atoms with Crippen molar-refractivity contribution in [3.05, 3.63) is 105 Å². The highest BCUT2D eigenvalue weighted by Gasteiger charge is 2.32. The molecule has 3 aromatic rings. The van der Waals surface area contributed by atoms with Gasteiger partial charge in [0.2, 0.25) is 0 Å². The van der Waals surface area contributed by atoms with E-state index in [0.29, 0.717) is 0 Å². The molecule has 3 rings (SSSR count). The molecule has 1 atom stereocenters. The summed E-state index contributed by atoms with van der Waals surface area (Å²) in [6, 6.07) is 20.7. The Bertz CT molecular complexity index is 908. The van der Waals surface area contributed by atoms with Crippen molar-refractivity contribution in [1.82, 2.24) is 0 Å². The molecule has 0 aromatic heterocycles. The lowest BCUT2D eigenvalue weighted by atomic mass is 9.69. The zero-order chi connectivity index (χ0) is 21.9. The standard InChI is InChI=1S/C29H36O/c1-7-22-13-23(8-2)16-27(15-22)29(6,26-11-20(4)10-21(5)12-26)28-17-24(9-3)14-25(18-28)19-30/h10-18,30H,7-9,19H2,1-6H3. The maximum atomic E-state index is 9.94. The van der Waals surface area contributed by atoms with Crippen LogP contribution in [0.25, 0.3) is 0 Å². The van der Waals surface area contributed by atoms with Gasteiger partial charge in [0.1, 0.15) is 0 Å². The molecule has 158 valence electrons. The van der Waals surface area contributed by atoms with Crippen LogP contribution in [-0.2, 0) is 31.3 Å². The smallest absolute Gasteiger partial charge is 0.0682 e. The van der Waals surface area contributed by atoms with Crippen molar-refractivity contribution in [3.8, 4) is 0 Å². The Morgan fingerprint density at radius 2 is 0.933 bits per heavy atom. The van der Waals surface area contributed by atoms with Crippen LogP contribution in [0.15, 0.2) is 54.6 Å². The van der Waals surface area contributed by atoms with Gasteiger partial charge in [-0.25, -0.2) is 0 Å². The van der Waals surface area contributed by atoms with Gasteiger partial charge in [-0.1, -0.05) is 86.5 Å². The second kappa shape index (κ2) is 9.18. The van der Waals surface area contributed by atoms with E-state index in [1.54, 1.807) is 0 Å². The molecule has 0 radical (unpaired) electrons. The average molecular weight is 401 g/mol. The third-order valence-corrected chi connectivity index (χ3v) is 6.47. The number of hydrogen-bond donors (Lipinski definition) is 1. The van der Waals surface area contributed by atoms with E-state index in [1.807, 2.05) is 0 Å². The Balaban J connectivity index is 2.38. The lowest BCUT2D eigenvalue weighted by Gasteiger charge is -2.34. The first-order chi connectivity index (χ1) is 14.3. The lowest BCUT2D eigenvalue weighted by Crippen LogP contribution is -2.27. The minimum absolute atomic E-state index is 0.0684. The van der Waals surface area contributed by atoms with Gasteiger partial charge in [0.25, 0.3) is 0 Å². The highest BCUT2D eigenvalue weighted by Crippen LogP contribution is 2.41. The molecule has 0 fully saturated rings. The van der Waals surface area contributed by atoms with Crippen LogP contribution in [0.2, 0.25) is 0 Å². The second-order valence-electron chi connectivity index (χ2n) is 8.80. The molecule has 0 aliphatic rings. The normalized spacial score (nSPS) is 13.3. The molecule has 0 saturated heterocycles. The fourth-order valence-corrected chi connectivity index (χ4v) is 4.57. The number of aliphatic hydroxyl groups excluding tert-OH is 1. The van der Waals surface area contributed by atoms with Gasteiger partial charge in [-0.15, -0.1) is 0 Å². The fraction of sp³-hybridized carbons (Fsp3) is 0.379. The van der Waals surface area contributed by atoms with Crippen LogP contribution < -0.4 is 0 Å². The monoisotopic (exact) mass is 400 g/mol. The van der Waals surface area contributed by atoms with Crippen LogP contribution in [0.3, 0.4) is 0 Å². The summed E-state index contributed by atoms with van der Waals surface area (Å²) >= 11 is 0.